The Morgan fingerprint density at radius 1 is 0.568 bits per heavy atom. The number of hydrogen-bond donors (Lipinski definition) is 4. The van der Waals surface area contributed by atoms with Crippen LogP contribution in [-0.4, -0.2) is 85.0 Å². The molecule has 0 saturated heterocycles. The van der Waals surface area contributed by atoms with E-state index < -0.39 is 0 Å². The summed E-state index contributed by atoms with van der Waals surface area (Å²) < 4.78 is 33.1. The Morgan fingerprint density at radius 3 is 1.34 bits per heavy atom. The molecule has 0 spiro atoms. The summed E-state index contributed by atoms with van der Waals surface area (Å²) in [4.78, 5) is 18.4. The first-order valence-electron chi connectivity index (χ1n) is 14.0. The highest BCUT2D eigenvalue weighted by atomic mass is 16.5. The van der Waals surface area contributed by atoms with E-state index in [1.54, 1.807) is 28.4 Å². The second kappa shape index (κ2) is 16.1. The number of hydrogen-bond acceptors (Lipinski definition) is 14. The summed E-state index contributed by atoms with van der Waals surface area (Å²) in [6.45, 7) is 1.09. The Hall–Kier alpha value is -4.82. The van der Waals surface area contributed by atoms with Crippen LogP contribution in [0.5, 0.6) is 35.0 Å². The summed E-state index contributed by atoms with van der Waals surface area (Å²) in [5.74, 6) is 3.18. The molecule has 4 N–H and O–H groups in total. The molecule has 0 aliphatic rings. The molecule has 236 valence electrons. The Morgan fingerprint density at radius 2 is 0.977 bits per heavy atom. The van der Waals surface area contributed by atoms with E-state index in [0.29, 0.717) is 71.6 Å². The van der Waals surface area contributed by atoms with Gasteiger partial charge in [0.25, 0.3) is 0 Å². The number of benzene rings is 2. The van der Waals surface area contributed by atoms with Crippen molar-refractivity contribution in [3.05, 3.63) is 47.5 Å². The number of ether oxygens (including phenoxy) is 6. The van der Waals surface area contributed by atoms with Gasteiger partial charge in [-0.2, -0.15) is 19.9 Å². The Bertz CT molecular complexity index is 1410. The number of anilines is 2. The maximum Gasteiger partial charge on any atom is 0.319 e. The molecule has 44 heavy (non-hydrogen) atoms. The Kier molecular flexibility index (Phi) is 11.8. The molecule has 2 aromatic carbocycles. The highest BCUT2D eigenvalue weighted by Crippen LogP contribution is 2.32. The summed E-state index contributed by atoms with van der Waals surface area (Å²) in [6.07, 6.45) is 0.822. The number of aliphatic hydroxyl groups is 2. The summed E-state index contributed by atoms with van der Waals surface area (Å²) >= 11 is 0. The highest BCUT2D eigenvalue weighted by Gasteiger charge is 2.18. The van der Waals surface area contributed by atoms with E-state index in [9.17, 15) is 10.2 Å². The third kappa shape index (κ3) is 8.17. The molecule has 0 aliphatic heterocycles. The first-order chi connectivity index (χ1) is 21.5. The van der Waals surface area contributed by atoms with Crippen molar-refractivity contribution in [2.45, 2.75) is 25.9 Å². The van der Waals surface area contributed by atoms with Gasteiger partial charge in [0.2, 0.25) is 0 Å². The van der Waals surface area contributed by atoms with Gasteiger partial charge in [0.1, 0.15) is 11.0 Å². The Labute approximate surface area is 255 Å². The lowest BCUT2D eigenvalue weighted by Crippen LogP contribution is -2.12. The maximum absolute atomic E-state index is 9.24. The molecule has 0 bridgehead atoms. The van der Waals surface area contributed by atoms with Gasteiger partial charge in [0, 0.05) is 39.1 Å². The van der Waals surface area contributed by atoms with Crippen molar-refractivity contribution in [3.63, 3.8) is 0 Å². The predicted molar refractivity (Wildman–Crippen MR) is 163 cm³/mol. The zero-order valence-electron chi connectivity index (χ0n) is 25.3. The summed E-state index contributed by atoms with van der Waals surface area (Å²) in [5.41, 5.74) is 2.59. The van der Waals surface area contributed by atoms with Gasteiger partial charge in [0.15, 0.2) is 34.6 Å². The molecule has 14 nitrogen and oxygen atoms in total. The predicted octanol–water partition coefficient (Wildman–Crippen LogP) is 3.20. The van der Waals surface area contributed by atoms with E-state index in [4.69, 9.17) is 28.4 Å². The van der Waals surface area contributed by atoms with Crippen molar-refractivity contribution >= 4 is 22.7 Å². The third-order valence-electron chi connectivity index (χ3n) is 6.39. The van der Waals surface area contributed by atoms with E-state index in [2.05, 4.69) is 30.6 Å². The standard InChI is InChI=1S/C30H38N6O8/c1-39-21-9-7-19(15-23(21)41-3)17-31-27-25-26(34-29(35-27)43-13-5-11-37)28(36-30(33-25)44-14-6-12-38)32-18-20-8-10-22(40-2)24(16-20)42-4/h7-10,15-16,37-38H,5-6,11-14,17-18H2,1-4H3,(H,31,34,35)(H,32,33,36). The maximum atomic E-state index is 9.24. The van der Waals surface area contributed by atoms with Gasteiger partial charge < -0.3 is 49.3 Å². The lowest BCUT2D eigenvalue weighted by atomic mass is 10.2. The Balaban J connectivity index is 1.73. The zero-order valence-corrected chi connectivity index (χ0v) is 25.3. The van der Waals surface area contributed by atoms with Crippen LogP contribution in [0.3, 0.4) is 0 Å². The molecule has 4 aromatic rings. The number of aliphatic hydroxyl groups excluding tert-OH is 2. The summed E-state index contributed by atoms with van der Waals surface area (Å²) in [7, 11) is 6.32. The zero-order chi connectivity index (χ0) is 31.3. The van der Waals surface area contributed by atoms with Gasteiger partial charge in [-0.25, -0.2) is 0 Å². The van der Waals surface area contributed by atoms with Crippen molar-refractivity contribution in [2.75, 3.05) is 65.5 Å². The fourth-order valence-corrected chi connectivity index (χ4v) is 4.16. The molecule has 14 heteroatoms. The molecular formula is C30H38N6O8. The summed E-state index contributed by atoms with van der Waals surface area (Å²) in [6, 6.07) is 11.4. The SMILES string of the molecule is COc1ccc(CNc2nc(OCCCO)nc3c(NCc4ccc(OC)c(OC)c4)nc(OCCCO)nc23)cc1OC. The number of nitrogens with zero attached hydrogens (tertiary/aromatic N) is 4. The van der Waals surface area contributed by atoms with E-state index in [-0.39, 0.29) is 38.4 Å². The van der Waals surface area contributed by atoms with Gasteiger partial charge >= 0.3 is 12.0 Å². The lowest BCUT2D eigenvalue weighted by Gasteiger charge is -2.16. The second-order valence-electron chi connectivity index (χ2n) is 9.34. The van der Waals surface area contributed by atoms with Crippen LogP contribution < -0.4 is 39.1 Å². The van der Waals surface area contributed by atoms with Crippen LogP contribution in [-0.2, 0) is 13.1 Å². The molecule has 0 atom stereocenters. The van der Waals surface area contributed by atoms with Gasteiger partial charge in [-0.3, -0.25) is 0 Å². The smallest absolute Gasteiger partial charge is 0.319 e. The third-order valence-corrected chi connectivity index (χ3v) is 6.39. The van der Waals surface area contributed by atoms with E-state index >= 15 is 0 Å². The quantitative estimate of drug-likeness (QED) is 0.121. The van der Waals surface area contributed by atoms with Gasteiger partial charge in [-0.05, 0) is 35.4 Å². The van der Waals surface area contributed by atoms with Crippen molar-refractivity contribution in [1.29, 1.82) is 0 Å². The van der Waals surface area contributed by atoms with Crippen LogP contribution in [0.2, 0.25) is 0 Å². The van der Waals surface area contributed by atoms with E-state index in [0.717, 1.165) is 11.1 Å². The van der Waals surface area contributed by atoms with E-state index in [1.807, 2.05) is 36.4 Å². The average Bonchev–Trinajstić information content (AvgIpc) is 3.06. The molecule has 0 saturated carbocycles. The lowest BCUT2D eigenvalue weighted by molar-refractivity contribution is 0.223. The largest absolute Gasteiger partial charge is 0.493 e. The monoisotopic (exact) mass is 610 g/mol. The van der Waals surface area contributed by atoms with Crippen LogP contribution in [0.4, 0.5) is 11.6 Å². The molecule has 0 unspecified atom stereocenters. The molecular weight excluding hydrogens is 572 g/mol. The molecule has 4 rings (SSSR count). The van der Waals surface area contributed by atoms with Crippen LogP contribution in [0.25, 0.3) is 11.0 Å². The minimum atomic E-state index is -0.0340. The first kappa shape index (κ1) is 32.1. The van der Waals surface area contributed by atoms with Crippen molar-refractivity contribution in [3.8, 4) is 35.0 Å². The van der Waals surface area contributed by atoms with Crippen LogP contribution in [0, 0.1) is 0 Å². The van der Waals surface area contributed by atoms with Crippen molar-refractivity contribution in [2.24, 2.45) is 0 Å². The average molecular weight is 611 g/mol. The number of rotatable bonds is 18. The number of nitrogens with one attached hydrogen (secondary N) is 2. The minimum absolute atomic E-state index is 0.0340. The summed E-state index contributed by atoms with van der Waals surface area (Å²) in [5, 5.41) is 25.1. The number of fused-ring (bicyclic) bond motifs is 1. The normalized spacial score (nSPS) is 10.8. The van der Waals surface area contributed by atoms with E-state index in [1.165, 1.54) is 0 Å². The van der Waals surface area contributed by atoms with Crippen molar-refractivity contribution < 1.29 is 38.6 Å². The molecule has 0 fully saturated rings. The number of methoxy groups -OCH3 is 4. The molecule has 2 aromatic heterocycles. The first-order valence-corrected chi connectivity index (χ1v) is 14.0. The fourth-order valence-electron chi connectivity index (χ4n) is 4.16. The topological polar surface area (TPSA) is 171 Å². The number of aromatic nitrogens is 4. The van der Waals surface area contributed by atoms with Gasteiger partial charge in [-0.1, -0.05) is 12.1 Å². The minimum Gasteiger partial charge on any atom is -0.493 e. The molecule has 0 amide bonds. The van der Waals surface area contributed by atoms with Gasteiger partial charge in [0.05, 0.1) is 41.7 Å². The van der Waals surface area contributed by atoms with Gasteiger partial charge in [-0.15, -0.1) is 0 Å². The van der Waals surface area contributed by atoms with Crippen LogP contribution >= 0.6 is 0 Å². The van der Waals surface area contributed by atoms with Crippen LogP contribution in [0.1, 0.15) is 24.0 Å². The van der Waals surface area contributed by atoms with Crippen molar-refractivity contribution in [1.82, 2.24) is 19.9 Å². The molecule has 0 aliphatic carbocycles. The molecule has 2 heterocycles. The fraction of sp³-hybridized carbons (Fsp3) is 0.400. The second-order valence-corrected chi connectivity index (χ2v) is 9.34. The van der Waals surface area contributed by atoms with Crippen LogP contribution in [0.15, 0.2) is 36.4 Å². The highest BCUT2D eigenvalue weighted by molar-refractivity contribution is 5.93. The molecule has 0 radical (unpaired) electrons.